The van der Waals surface area contributed by atoms with Crippen molar-refractivity contribution < 1.29 is 29.0 Å². The highest BCUT2D eigenvalue weighted by Crippen LogP contribution is 2.37. The number of urea groups is 1. The summed E-state index contributed by atoms with van der Waals surface area (Å²) in [5.41, 5.74) is 0.779. The maximum atomic E-state index is 12.0. The number of carbonyl (C=O) groups is 4. The number of barbiturate groups is 1. The quantitative estimate of drug-likeness (QED) is 0.651. The molecule has 0 spiro atoms. The molecule has 0 bridgehead atoms. The Kier molecular flexibility index (Phi) is 4.33. The molecule has 0 aromatic heterocycles. The number of imide groups is 2. The maximum absolute atomic E-state index is 12.0. The van der Waals surface area contributed by atoms with Gasteiger partial charge in [-0.3, -0.25) is 25.0 Å². The molecule has 3 rings (SSSR count). The molecule has 1 aromatic rings. The van der Waals surface area contributed by atoms with E-state index in [1.807, 2.05) is 10.6 Å². The molecule has 1 saturated heterocycles. The van der Waals surface area contributed by atoms with Gasteiger partial charge in [-0.05, 0) is 17.7 Å². The van der Waals surface area contributed by atoms with Crippen molar-refractivity contribution in [3.63, 3.8) is 0 Å². The van der Waals surface area contributed by atoms with Crippen LogP contribution in [-0.4, -0.2) is 46.7 Å². The Bertz CT molecular complexity index is 829. The number of methoxy groups -OCH3 is 1. The number of phenols is 1. The van der Waals surface area contributed by atoms with E-state index in [4.69, 9.17) is 4.74 Å². The fourth-order valence-corrected chi connectivity index (χ4v) is 2.98. The summed E-state index contributed by atoms with van der Waals surface area (Å²) in [5, 5.41) is 19.1. The Balaban J connectivity index is 1.93. The van der Waals surface area contributed by atoms with Crippen LogP contribution in [0.1, 0.15) is 24.9 Å². The average Bonchev–Trinajstić information content (AvgIpc) is 2.99. The number of phenolic OH excluding ortho intramolecular Hbond substituents is 1. The first-order valence-corrected chi connectivity index (χ1v) is 7.71. The molecule has 10 nitrogen and oxygen atoms in total. The van der Waals surface area contributed by atoms with Gasteiger partial charge < -0.3 is 9.84 Å². The maximum Gasteiger partial charge on any atom is 0.328 e. The second-order valence-corrected chi connectivity index (χ2v) is 5.85. The van der Waals surface area contributed by atoms with Crippen LogP contribution < -0.4 is 15.4 Å². The number of hydrazone groups is 1. The van der Waals surface area contributed by atoms with Gasteiger partial charge in [-0.25, -0.2) is 9.80 Å². The van der Waals surface area contributed by atoms with Gasteiger partial charge >= 0.3 is 6.03 Å². The third kappa shape index (κ3) is 2.96. The van der Waals surface area contributed by atoms with Crippen LogP contribution in [0.4, 0.5) is 4.79 Å². The lowest BCUT2D eigenvalue weighted by Crippen LogP contribution is -2.57. The predicted molar refractivity (Wildman–Crippen MR) is 87.1 cm³/mol. The molecule has 0 aliphatic carbocycles. The predicted octanol–water partition coefficient (Wildman–Crippen LogP) is 0.0323. The number of nitrogens with one attached hydrogen (secondary N) is 2. The Morgan fingerprint density at radius 2 is 1.92 bits per heavy atom. The number of aromatic hydroxyl groups is 1. The number of hydrogen-bond acceptors (Lipinski definition) is 7. The third-order valence-corrected chi connectivity index (χ3v) is 4.18. The van der Waals surface area contributed by atoms with Crippen molar-refractivity contribution in [3.8, 4) is 11.5 Å². The van der Waals surface area contributed by atoms with Crippen LogP contribution >= 0.6 is 0 Å². The molecule has 26 heavy (non-hydrogen) atoms. The van der Waals surface area contributed by atoms with Crippen LogP contribution in [0.15, 0.2) is 23.3 Å². The van der Waals surface area contributed by atoms with Crippen molar-refractivity contribution in [2.24, 2.45) is 11.0 Å². The van der Waals surface area contributed by atoms with Gasteiger partial charge in [-0.1, -0.05) is 6.07 Å². The van der Waals surface area contributed by atoms with Gasteiger partial charge in [0.2, 0.25) is 17.7 Å². The number of hydrogen-bond donors (Lipinski definition) is 3. The second-order valence-electron chi connectivity index (χ2n) is 5.85. The third-order valence-electron chi connectivity index (χ3n) is 4.18. The fourth-order valence-electron chi connectivity index (χ4n) is 2.98. The molecular weight excluding hydrogens is 344 g/mol. The van der Waals surface area contributed by atoms with E-state index in [-0.39, 0.29) is 29.5 Å². The molecule has 1 fully saturated rings. The minimum absolute atomic E-state index is 0.0608. The lowest BCUT2D eigenvalue weighted by Gasteiger charge is -2.21. The number of carbonyl (C=O) groups excluding carboxylic acids is 4. The van der Waals surface area contributed by atoms with Crippen molar-refractivity contribution in [1.82, 2.24) is 15.6 Å². The number of ether oxygens (including phenoxy) is 1. The van der Waals surface area contributed by atoms with Crippen molar-refractivity contribution in [3.05, 3.63) is 23.8 Å². The van der Waals surface area contributed by atoms with E-state index in [0.717, 1.165) is 5.01 Å². The minimum atomic E-state index is -1.29. The Hall–Kier alpha value is -3.43. The highest BCUT2D eigenvalue weighted by atomic mass is 16.5. The fraction of sp³-hybridized carbons (Fsp3) is 0.312. The highest BCUT2D eigenvalue weighted by Gasteiger charge is 2.43. The summed E-state index contributed by atoms with van der Waals surface area (Å²) in [6.07, 6.45) is 0.118. The zero-order chi connectivity index (χ0) is 19.0. The van der Waals surface area contributed by atoms with Crippen LogP contribution in [0.25, 0.3) is 0 Å². The molecule has 1 unspecified atom stereocenters. The topological polar surface area (TPSA) is 137 Å². The Morgan fingerprint density at radius 1 is 1.27 bits per heavy atom. The first kappa shape index (κ1) is 17.4. The molecule has 0 radical (unpaired) electrons. The largest absolute Gasteiger partial charge is 0.504 e. The summed E-state index contributed by atoms with van der Waals surface area (Å²) in [6.45, 7) is 1.31. The van der Waals surface area contributed by atoms with Crippen molar-refractivity contribution in [2.45, 2.75) is 19.4 Å². The monoisotopic (exact) mass is 360 g/mol. The van der Waals surface area contributed by atoms with E-state index in [9.17, 15) is 24.3 Å². The molecule has 2 aliphatic heterocycles. The SMILES string of the molecule is COc1cc(C2CC(C3C(=O)NC(=O)NC3=O)=NN2C(C)=O)ccc1O. The summed E-state index contributed by atoms with van der Waals surface area (Å²) < 4.78 is 5.07. The number of amides is 5. The summed E-state index contributed by atoms with van der Waals surface area (Å²) >= 11 is 0. The standard InChI is InChI=1S/C16H16N4O6/c1-7(21)20-10(8-3-4-11(22)12(5-8)26-2)6-9(19-20)13-14(23)17-16(25)18-15(13)24/h3-5,10,13,22H,6H2,1-2H3,(H2,17,18,23,24,25). The summed E-state index contributed by atoms with van der Waals surface area (Å²) in [5.74, 6) is -3.09. The smallest absolute Gasteiger partial charge is 0.328 e. The van der Waals surface area contributed by atoms with Crippen LogP contribution in [0.2, 0.25) is 0 Å². The van der Waals surface area contributed by atoms with Gasteiger partial charge in [0.25, 0.3) is 0 Å². The normalized spacial score (nSPS) is 20.5. The van der Waals surface area contributed by atoms with Gasteiger partial charge in [-0.15, -0.1) is 0 Å². The zero-order valence-electron chi connectivity index (χ0n) is 14.0. The van der Waals surface area contributed by atoms with Gasteiger partial charge in [-0.2, -0.15) is 5.10 Å². The van der Waals surface area contributed by atoms with E-state index >= 15 is 0 Å². The minimum Gasteiger partial charge on any atom is -0.504 e. The van der Waals surface area contributed by atoms with Gasteiger partial charge in [0.1, 0.15) is 0 Å². The van der Waals surface area contributed by atoms with Gasteiger partial charge in [0.15, 0.2) is 17.4 Å². The molecule has 136 valence electrons. The average molecular weight is 360 g/mol. The zero-order valence-corrected chi connectivity index (χ0v) is 14.0. The van der Waals surface area contributed by atoms with Crippen molar-refractivity contribution in [2.75, 3.05) is 7.11 Å². The number of benzene rings is 1. The van der Waals surface area contributed by atoms with Crippen LogP contribution in [0.5, 0.6) is 11.5 Å². The molecule has 0 saturated carbocycles. The van der Waals surface area contributed by atoms with Crippen LogP contribution in [0.3, 0.4) is 0 Å². The Labute approximate surface area is 147 Å². The molecular formula is C16H16N4O6. The number of nitrogens with zero attached hydrogens (tertiary/aromatic N) is 2. The molecule has 3 N–H and O–H groups in total. The highest BCUT2D eigenvalue weighted by molar-refractivity contribution is 6.28. The molecule has 1 aromatic carbocycles. The molecule has 2 heterocycles. The van der Waals surface area contributed by atoms with Crippen molar-refractivity contribution >= 4 is 29.5 Å². The lowest BCUT2D eigenvalue weighted by atomic mass is 9.92. The Morgan fingerprint density at radius 3 is 2.50 bits per heavy atom. The van der Waals surface area contributed by atoms with Gasteiger partial charge in [0.05, 0.1) is 18.9 Å². The van der Waals surface area contributed by atoms with E-state index in [1.54, 1.807) is 12.1 Å². The first-order chi connectivity index (χ1) is 12.3. The molecule has 5 amide bonds. The lowest BCUT2D eigenvalue weighted by molar-refractivity contribution is -0.133. The summed E-state index contributed by atoms with van der Waals surface area (Å²) in [4.78, 5) is 47.3. The number of rotatable bonds is 3. The molecule has 1 atom stereocenters. The summed E-state index contributed by atoms with van der Waals surface area (Å²) in [6, 6.07) is 3.11. The first-order valence-electron chi connectivity index (χ1n) is 7.71. The van der Waals surface area contributed by atoms with E-state index in [0.29, 0.717) is 5.56 Å². The summed E-state index contributed by atoms with van der Waals surface area (Å²) in [7, 11) is 1.39. The van der Waals surface area contributed by atoms with E-state index in [1.165, 1.54) is 20.1 Å². The van der Waals surface area contributed by atoms with Crippen LogP contribution in [-0.2, 0) is 14.4 Å². The molecule has 2 aliphatic rings. The van der Waals surface area contributed by atoms with Gasteiger partial charge in [0, 0.05) is 13.3 Å². The van der Waals surface area contributed by atoms with Crippen LogP contribution in [0, 0.1) is 5.92 Å². The molecule has 10 heteroatoms. The van der Waals surface area contributed by atoms with E-state index in [2.05, 4.69) is 5.10 Å². The second kappa shape index (κ2) is 6.47. The van der Waals surface area contributed by atoms with E-state index < -0.39 is 29.8 Å². The van der Waals surface area contributed by atoms with Crippen molar-refractivity contribution in [1.29, 1.82) is 0 Å².